The van der Waals surface area contributed by atoms with Crippen LogP contribution in [-0.4, -0.2) is 49.4 Å². The Morgan fingerprint density at radius 3 is 2.71 bits per heavy atom. The lowest BCUT2D eigenvalue weighted by Gasteiger charge is -2.40. The van der Waals surface area contributed by atoms with Gasteiger partial charge in [0.1, 0.15) is 18.2 Å². The minimum absolute atomic E-state index is 0.163. The second-order valence-electron chi connectivity index (χ2n) is 6.17. The molecule has 0 aliphatic carbocycles. The van der Waals surface area contributed by atoms with Gasteiger partial charge in [-0.25, -0.2) is 9.97 Å². The Morgan fingerprint density at radius 1 is 1.08 bits per heavy atom. The van der Waals surface area contributed by atoms with E-state index in [9.17, 15) is 0 Å². The predicted molar refractivity (Wildman–Crippen MR) is 91.9 cm³/mol. The number of para-hydroxylation sites is 2. The summed E-state index contributed by atoms with van der Waals surface area (Å²) in [5.41, 5.74) is 2.47. The monoisotopic (exact) mass is 326 g/mol. The molecule has 1 saturated heterocycles. The van der Waals surface area contributed by atoms with Gasteiger partial charge in [0.05, 0.1) is 25.9 Å². The van der Waals surface area contributed by atoms with Crippen LogP contribution in [0.2, 0.25) is 0 Å². The van der Waals surface area contributed by atoms with E-state index in [2.05, 4.69) is 20.2 Å². The third kappa shape index (κ3) is 2.89. The zero-order chi connectivity index (χ0) is 16.4. The summed E-state index contributed by atoms with van der Waals surface area (Å²) in [5.74, 6) is 2.65. The van der Waals surface area contributed by atoms with Crippen LogP contribution < -0.4 is 19.7 Å². The molecule has 2 aliphatic heterocycles. The van der Waals surface area contributed by atoms with Crippen LogP contribution >= 0.6 is 0 Å². The van der Waals surface area contributed by atoms with E-state index in [1.54, 1.807) is 13.4 Å². The van der Waals surface area contributed by atoms with Gasteiger partial charge < -0.3 is 19.7 Å². The summed E-state index contributed by atoms with van der Waals surface area (Å²) in [4.78, 5) is 11.3. The molecule has 0 amide bonds. The number of fused-ring (bicyclic) bond motifs is 1. The first-order chi connectivity index (χ1) is 11.8. The molecule has 24 heavy (non-hydrogen) atoms. The maximum atomic E-state index is 6.07. The highest BCUT2D eigenvalue weighted by Gasteiger charge is 2.32. The van der Waals surface area contributed by atoms with Crippen molar-refractivity contribution in [3.05, 3.63) is 41.9 Å². The van der Waals surface area contributed by atoms with Crippen LogP contribution in [0, 0.1) is 0 Å². The van der Waals surface area contributed by atoms with Crippen LogP contribution in [0.15, 0.2) is 30.6 Å². The van der Waals surface area contributed by atoms with Crippen molar-refractivity contribution in [2.24, 2.45) is 0 Å². The number of methoxy groups -OCH3 is 1. The second kappa shape index (κ2) is 6.65. The summed E-state index contributed by atoms with van der Waals surface area (Å²) in [5, 5.41) is 3.43. The summed E-state index contributed by atoms with van der Waals surface area (Å²) < 4.78 is 11.4. The van der Waals surface area contributed by atoms with E-state index in [1.807, 2.05) is 24.3 Å². The van der Waals surface area contributed by atoms with Gasteiger partial charge in [-0.1, -0.05) is 12.1 Å². The topological polar surface area (TPSA) is 59.5 Å². The largest absolute Gasteiger partial charge is 0.493 e. The lowest BCUT2D eigenvalue weighted by Crippen LogP contribution is -2.54. The molecule has 1 aromatic heterocycles. The zero-order valence-electron chi connectivity index (χ0n) is 13.9. The van der Waals surface area contributed by atoms with Gasteiger partial charge in [0.2, 0.25) is 0 Å². The molecule has 0 spiro atoms. The molecule has 126 valence electrons. The van der Waals surface area contributed by atoms with E-state index >= 15 is 0 Å². The summed E-state index contributed by atoms with van der Waals surface area (Å²) in [7, 11) is 1.67. The van der Waals surface area contributed by atoms with E-state index in [4.69, 9.17) is 9.47 Å². The van der Waals surface area contributed by atoms with Crippen LogP contribution in [0.25, 0.3) is 0 Å². The fourth-order valence-electron chi connectivity index (χ4n) is 3.31. The molecule has 0 atom stereocenters. The van der Waals surface area contributed by atoms with Gasteiger partial charge in [-0.3, -0.25) is 0 Å². The fourth-order valence-corrected chi connectivity index (χ4v) is 3.31. The molecule has 6 heteroatoms. The molecule has 2 aliphatic rings. The number of nitrogens with zero attached hydrogens (tertiary/aromatic N) is 3. The van der Waals surface area contributed by atoms with E-state index in [0.29, 0.717) is 0 Å². The minimum atomic E-state index is 0.163. The number of ether oxygens (including phenoxy) is 2. The first kappa shape index (κ1) is 15.2. The van der Waals surface area contributed by atoms with Crippen molar-refractivity contribution in [1.29, 1.82) is 0 Å². The van der Waals surface area contributed by atoms with Gasteiger partial charge in [-0.05, 0) is 25.1 Å². The normalized spacial score (nSPS) is 17.6. The zero-order valence-corrected chi connectivity index (χ0v) is 13.9. The SMILES string of the molecule is COc1ccccc1OC1CN(c2ncnc3c2CCNCC3)C1. The summed E-state index contributed by atoms with van der Waals surface area (Å²) in [6.45, 7) is 3.66. The summed E-state index contributed by atoms with van der Waals surface area (Å²) in [6, 6.07) is 7.78. The lowest BCUT2D eigenvalue weighted by molar-refractivity contribution is 0.160. The van der Waals surface area contributed by atoms with E-state index < -0.39 is 0 Å². The van der Waals surface area contributed by atoms with Crippen molar-refractivity contribution in [1.82, 2.24) is 15.3 Å². The fraction of sp³-hybridized carbons (Fsp3) is 0.444. The smallest absolute Gasteiger partial charge is 0.161 e. The number of aromatic nitrogens is 2. The third-order valence-electron chi connectivity index (χ3n) is 4.61. The highest BCUT2D eigenvalue weighted by molar-refractivity contribution is 5.52. The average molecular weight is 326 g/mol. The molecule has 0 saturated carbocycles. The van der Waals surface area contributed by atoms with Crippen molar-refractivity contribution in [3.8, 4) is 11.5 Å². The van der Waals surface area contributed by atoms with Gasteiger partial charge >= 0.3 is 0 Å². The van der Waals surface area contributed by atoms with Gasteiger partial charge in [0.15, 0.2) is 11.5 Å². The van der Waals surface area contributed by atoms with Gasteiger partial charge in [0, 0.05) is 18.5 Å². The van der Waals surface area contributed by atoms with Crippen molar-refractivity contribution < 1.29 is 9.47 Å². The number of hydrogen-bond acceptors (Lipinski definition) is 6. The molecular weight excluding hydrogens is 304 g/mol. The molecule has 0 unspecified atom stereocenters. The molecule has 1 N–H and O–H groups in total. The van der Waals surface area contributed by atoms with Crippen molar-refractivity contribution in [2.45, 2.75) is 18.9 Å². The number of hydrogen-bond donors (Lipinski definition) is 1. The molecule has 0 bridgehead atoms. The third-order valence-corrected chi connectivity index (χ3v) is 4.61. The van der Waals surface area contributed by atoms with Crippen LogP contribution in [-0.2, 0) is 12.8 Å². The molecule has 1 aromatic carbocycles. The molecule has 6 nitrogen and oxygen atoms in total. The van der Waals surface area contributed by atoms with Crippen LogP contribution in [0.4, 0.5) is 5.82 Å². The first-order valence-corrected chi connectivity index (χ1v) is 8.43. The van der Waals surface area contributed by atoms with E-state index in [1.165, 1.54) is 11.3 Å². The number of rotatable bonds is 4. The van der Waals surface area contributed by atoms with E-state index in [0.717, 1.165) is 56.3 Å². The second-order valence-corrected chi connectivity index (χ2v) is 6.17. The van der Waals surface area contributed by atoms with Crippen LogP contribution in [0.5, 0.6) is 11.5 Å². The standard InChI is InChI=1S/C18H22N4O2/c1-23-16-4-2-3-5-17(16)24-13-10-22(11-13)18-14-6-8-19-9-7-15(14)20-12-21-18/h2-5,12-13,19H,6-11H2,1H3. The Morgan fingerprint density at radius 2 is 1.88 bits per heavy atom. The Bertz CT molecular complexity index is 716. The van der Waals surface area contributed by atoms with Crippen LogP contribution in [0.3, 0.4) is 0 Å². The molecule has 4 rings (SSSR count). The minimum Gasteiger partial charge on any atom is -0.493 e. The Kier molecular flexibility index (Phi) is 4.21. The van der Waals surface area contributed by atoms with Gasteiger partial charge in [-0.15, -0.1) is 0 Å². The predicted octanol–water partition coefficient (Wildman–Crippen LogP) is 1.44. The number of nitrogens with one attached hydrogen (secondary N) is 1. The van der Waals surface area contributed by atoms with Gasteiger partial charge in [0.25, 0.3) is 0 Å². The maximum Gasteiger partial charge on any atom is 0.161 e. The van der Waals surface area contributed by atoms with Crippen molar-refractivity contribution in [3.63, 3.8) is 0 Å². The summed E-state index contributed by atoms with van der Waals surface area (Å²) >= 11 is 0. The Balaban J connectivity index is 1.45. The van der Waals surface area contributed by atoms with Crippen LogP contribution in [0.1, 0.15) is 11.3 Å². The molecule has 0 radical (unpaired) electrons. The maximum absolute atomic E-state index is 6.07. The molecular formula is C18H22N4O2. The Labute approximate surface area is 141 Å². The first-order valence-electron chi connectivity index (χ1n) is 8.43. The quantitative estimate of drug-likeness (QED) is 0.917. The summed E-state index contributed by atoms with van der Waals surface area (Å²) in [6.07, 6.45) is 3.81. The highest BCUT2D eigenvalue weighted by atomic mass is 16.5. The molecule has 1 fully saturated rings. The lowest BCUT2D eigenvalue weighted by atomic mass is 10.1. The number of anilines is 1. The molecule has 3 heterocycles. The average Bonchev–Trinajstić information content (AvgIpc) is 2.83. The Hall–Kier alpha value is -2.34. The number of benzene rings is 1. The molecule has 2 aromatic rings. The van der Waals surface area contributed by atoms with Crippen molar-refractivity contribution >= 4 is 5.82 Å². The van der Waals surface area contributed by atoms with Crippen molar-refractivity contribution in [2.75, 3.05) is 38.2 Å². The van der Waals surface area contributed by atoms with E-state index in [-0.39, 0.29) is 6.10 Å². The highest BCUT2D eigenvalue weighted by Crippen LogP contribution is 2.31. The van der Waals surface area contributed by atoms with Gasteiger partial charge in [-0.2, -0.15) is 0 Å².